The van der Waals surface area contributed by atoms with Crippen LogP contribution in [0.4, 0.5) is 0 Å². The lowest BCUT2D eigenvalue weighted by Gasteiger charge is -2.26. The molecule has 0 saturated carbocycles. The van der Waals surface area contributed by atoms with E-state index in [1.165, 1.54) is 19.9 Å². The second kappa shape index (κ2) is 9.91. The second-order valence-corrected chi connectivity index (χ2v) is 8.82. The molecule has 3 N–H and O–H groups in total. The Balaban J connectivity index is 1.60. The zero-order valence-electron chi connectivity index (χ0n) is 16.9. The van der Waals surface area contributed by atoms with E-state index in [2.05, 4.69) is 25.2 Å². The summed E-state index contributed by atoms with van der Waals surface area (Å²) in [4.78, 5) is 6.95. The molecule has 158 valence electrons. The number of guanidine groups is 1. The van der Waals surface area contributed by atoms with Crippen LogP contribution < -0.4 is 15.4 Å². The van der Waals surface area contributed by atoms with Crippen LogP contribution >= 0.6 is 0 Å². The molecule has 0 bridgehead atoms. The van der Waals surface area contributed by atoms with Crippen molar-refractivity contribution in [2.75, 3.05) is 33.7 Å². The summed E-state index contributed by atoms with van der Waals surface area (Å²) < 4.78 is 32.0. The number of likely N-dealkylation sites (tertiary alicyclic amines) is 1. The predicted octanol–water partition coefficient (Wildman–Crippen LogP) is 1.69. The Kier molecular flexibility index (Phi) is 7.29. The van der Waals surface area contributed by atoms with E-state index in [4.69, 9.17) is 4.42 Å². The highest BCUT2D eigenvalue weighted by Gasteiger charge is 2.25. The zero-order valence-corrected chi connectivity index (χ0v) is 17.7. The van der Waals surface area contributed by atoms with E-state index in [1.807, 2.05) is 18.2 Å². The third-order valence-electron chi connectivity index (χ3n) is 5.08. The van der Waals surface area contributed by atoms with Gasteiger partial charge in [-0.15, -0.1) is 0 Å². The molecule has 0 amide bonds. The summed E-state index contributed by atoms with van der Waals surface area (Å²) in [6, 6.07) is 10.9. The Morgan fingerprint density at radius 1 is 1.21 bits per heavy atom. The van der Waals surface area contributed by atoms with Gasteiger partial charge in [0.15, 0.2) is 5.96 Å². The van der Waals surface area contributed by atoms with Crippen LogP contribution in [0.25, 0.3) is 0 Å². The van der Waals surface area contributed by atoms with E-state index in [-0.39, 0.29) is 10.9 Å². The van der Waals surface area contributed by atoms with Crippen LogP contribution in [0.1, 0.15) is 30.2 Å². The number of sulfonamides is 1. The van der Waals surface area contributed by atoms with Crippen molar-refractivity contribution in [1.82, 2.24) is 20.3 Å². The van der Waals surface area contributed by atoms with Crippen LogP contribution in [0.15, 0.2) is 57.0 Å². The van der Waals surface area contributed by atoms with Crippen molar-refractivity contribution in [2.24, 2.45) is 4.99 Å². The number of hydrogen-bond donors (Lipinski definition) is 3. The first-order chi connectivity index (χ1) is 14.0. The first-order valence-corrected chi connectivity index (χ1v) is 11.3. The van der Waals surface area contributed by atoms with Crippen LogP contribution in [0.2, 0.25) is 0 Å². The van der Waals surface area contributed by atoms with Gasteiger partial charge in [-0.1, -0.05) is 12.1 Å². The molecule has 1 aromatic carbocycles. The van der Waals surface area contributed by atoms with Crippen molar-refractivity contribution in [3.8, 4) is 0 Å². The summed E-state index contributed by atoms with van der Waals surface area (Å²) in [5, 5.41) is 6.62. The maximum absolute atomic E-state index is 12.0. The molecule has 0 aliphatic carbocycles. The first kappa shape index (κ1) is 21.4. The Morgan fingerprint density at radius 3 is 2.66 bits per heavy atom. The molecule has 29 heavy (non-hydrogen) atoms. The number of nitrogens with one attached hydrogen (secondary N) is 3. The Morgan fingerprint density at radius 2 is 2.00 bits per heavy atom. The van der Waals surface area contributed by atoms with Crippen LogP contribution in [0.3, 0.4) is 0 Å². The molecule has 2 heterocycles. The van der Waals surface area contributed by atoms with Gasteiger partial charge in [0.25, 0.3) is 0 Å². The molecule has 8 nitrogen and oxygen atoms in total. The molecule has 1 unspecified atom stereocenters. The topological polar surface area (TPSA) is 99.0 Å². The number of hydrogen-bond acceptors (Lipinski definition) is 5. The molecule has 1 fully saturated rings. The smallest absolute Gasteiger partial charge is 0.240 e. The Labute approximate surface area is 172 Å². The van der Waals surface area contributed by atoms with Crippen molar-refractivity contribution >= 4 is 16.0 Å². The summed E-state index contributed by atoms with van der Waals surface area (Å²) in [5.74, 6) is 1.60. The molecule has 1 aliphatic rings. The van der Waals surface area contributed by atoms with E-state index in [0.717, 1.165) is 24.4 Å². The zero-order chi connectivity index (χ0) is 20.7. The maximum Gasteiger partial charge on any atom is 0.240 e. The highest BCUT2D eigenvalue weighted by atomic mass is 32.2. The normalized spacial score (nSPS) is 16.7. The first-order valence-electron chi connectivity index (χ1n) is 9.78. The largest absolute Gasteiger partial charge is 0.468 e. The number of aliphatic imine (C=N–C) groups is 1. The Bertz CT molecular complexity index is 906. The quantitative estimate of drug-likeness (QED) is 0.445. The maximum atomic E-state index is 12.0. The van der Waals surface area contributed by atoms with Gasteiger partial charge in [-0.25, -0.2) is 13.1 Å². The molecule has 9 heteroatoms. The number of benzene rings is 1. The van der Waals surface area contributed by atoms with Gasteiger partial charge < -0.3 is 15.1 Å². The van der Waals surface area contributed by atoms with Crippen LogP contribution in [-0.4, -0.2) is 53.0 Å². The number of nitrogens with zero attached hydrogens (tertiary/aromatic N) is 2. The summed E-state index contributed by atoms with van der Waals surface area (Å²) in [7, 11) is -0.339. The average Bonchev–Trinajstić information content (AvgIpc) is 3.45. The fourth-order valence-electron chi connectivity index (χ4n) is 3.48. The second-order valence-electron chi connectivity index (χ2n) is 6.94. The van der Waals surface area contributed by atoms with Gasteiger partial charge in [-0.2, -0.15) is 0 Å². The lowest BCUT2D eigenvalue weighted by atomic mass is 10.2. The highest BCUT2D eigenvalue weighted by molar-refractivity contribution is 7.89. The van der Waals surface area contributed by atoms with E-state index < -0.39 is 10.0 Å². The summed E-state index contributed by atoms with van der Waals surface area (Å²) >= 11 is 0. The molecule has 3 rings (SSSR count). The molecule has 0 radical (unpaired) electrons. The van der Waals surface area contributed by atoms with Crippen molar-refractivity contribution in [2.45, 2.75) is 30.3 Å². The van der Waals surface area contributed by atoms with E-state index in [9.17, 15) is 8.42 Å². The minimum Gasteiger partial charge on any atom is -0.468 e. The van der Waals surface area contributed by atoms with Crippen molar-refractivity contribution in [1.29, 1.82) is 0 Å². The number of rotatable bonds is 8. The molecule has 1 aliphatic heterocycles. The van der Waals surface area contributed by atoms with Crippen LogP contribution in [-0.2, 0) is 16.6 Å². The molecule has 0 spiro atoms. The lowest BCUT2D eigenvalue weighted by Crippen LogP contribution is -2.42. The van der Waals surface area contributed by atoms with Gasteiger partial charge >= 0.3 is 0 Å². The standard InChI is InChI=1S/C20H29N5O3S/c1-21-20(23-14-16-7-5-8-17(13-16)29(26,27)22-2)24-15-18(19-9-6-12-28-19)25-10-3-4-11-25/h5-9,12-13,18,22H,3-4,10-11,14-15H2,1-2H3,(H2,21,23,24). The van der Waals surface area contributed by atoms with Crippen LogP contribution in [0, 0.1) is 0 Å². The van der Waals surface area contributed by atoms with Crippen LogP contribution in [0.5, 0.6) is 0 Å². The fourth-order valence-corrected chi connectivity index (χ4v) is 4.28. The third kappa shape index (κ3) is 5.59. The fraction of sp³-hybridized carbons (Fsp3) is 0.450. The van der Waals surface area contributed by atoms with Gasteiger partial charge in [0.05, 0.1) is 17.2 Å². The average molecular weight is 420 g/mol. The van der Waals surface area contributed by atoms with Crippen molar-refractivity contribution < 1.29 is 12.8 Å². The predicted molar refractivity (Wildman–Crippen MR) is 113 cm³/mol. The van der Waals surface area contributed by atoms with Gasteiger partial charge in [0.2, 0.25) is 10.0 Å². The van der Waals surface area contributed by atoms with Crippen molar-refractivity contribution in [3.05, 3.63) is 54.0 Å². The van der Waals surface area contributed by atoms with E-state index in [1.54, 1.807) is 31.5 Å². The molecule has 1 saturated heterocycles. The van der Waals surface area contributed by atoms with E-state index in [0.29, 0.717) is 19.0 Å². The minimum absolute atomic E-state index is 0.148. The molecular formula is C20H29N5O3S. The third-order valence-corrected chi connectivity index (χ3v) is 6.49. The highest BCUT2D eigenvalue weighted by Crippen LogP contribution is 2.24. The summed E-state index contributed by atoms with van der Waals surface area (Å²) in [5.41, 5.74) is 0.853. The van der Waals surface area contributed by atoms with Crippen molar-refractivity contribution in [3.63, 3.8) is 0 Å². The summed E-state index contributed by atoms with van der Waals surface area (Å²) in [6.45, 7) is 3.25. The van der Waals surface area contributed by atoms with Gasteiger partial charge in [0.1, 0.15) is 5.76 Å². The summed E-state index contributed by atoms with van der Waals surface area (Å²) in [6.07, 6.45) is 4.11. The monoisotopic (exact) mass is 419 g/mol. The molecule has 1 atom stereocenters. The molecule has 1 aromatic heterocycles. The Hall–Kier alpha value is -2.36. The van der Waals surface area contributed by atoms with E-state index >= 15 is 0 Å². The number of furan rings is 1. The van der Waals surface area contributed by atoms with Gasteiger partial charge in [0, 0.05) is 20.1 Å². The molecular weight excluding hydrogens is 390 g/mol. The SMILES string of the molecule is CN=C(NCc1cccc(S(=O)(=O)NC)c1)NCC(c1ccco1)N1CCCC1. The lowest BCUT2D eigenvalue weighted by molar-refractivity contribution is 0.215. The van der Waals surface area contributed by atoms with Gasteiger partial charge in [-0.05, 0) is 62.8 Å². The molecule has 2 aromatic rings. The minimum atomic E-state index is -3.46. The van der Waals surface area contributed by atoms with Gasteiger partial charge in [-0.3, -0.25) is 9.89 Å².